The van der Waals surface area contributed by atoms with Crippen LogP contribution in [0.3, 0.4) is 0 Å². The smallest absolute Gasteiger partial charge is 0.217 e. The predicted molar refractivity (Wildman–Crippen MR) is 80.1 cm³/mol. The van der Waals surface area contributed by atoms with Crippen molar-refractivity contribution in [3.63, 3.8) is 0 Å². The fraction of sp³-hybridized carbons (Fsp3) is 0.714. The maximum absolute atomic E-state index is 12.1. The van der Waals surface area contributed by atoms with Crippen molar-refractivity contribution in [3.8, 4) is 0 Å². The number of alkyl halides is 1. The first kappa shape index (κ1) is 20.7. The van der Waals surface area contributed by atoms with Gasteiger partial charge in [0.25, 0.3) is 0 Å². The van der Waals surface area contributed by atoms with Gasteiger partial charge in [0.1, 0.15) is 18.2 Å². The summed E-state index contributed by atoms with van der Waals surface area (Å²) >= 11 is 5.94. The summed E-state index contributed by atoms with van der Waals surface area (Å²) in [6.45, 7) is 3.74. The number of rotatable bonds is 5. The molecule has 0 aliphatic carbocycles. The number of ether oxygens (including phenoxy) is 1. The average Bonchev–Trinajstić information content (AvgIpc) is 2.45. The number of ketones is 3. The molecule has 1 unspecified atom stereocenters. The molecule has 1 amide bonds. The molecule has 0 spiro atoms. The Morgan fingerprint density at radius 2 is 1.50 bits per heavy atom. The molecule has 0 saturated carbocycles. The van der Waals surface area contributed by atoms with Crippen LogP contribution in [0.15, 0.2) is 0 Å². The third kappa shape index (κ3) is 2.98. The molecule has 1 rings (SSSR count). The Morgan fingerprint density at radius 3 is 1.83 bits per heavy atom. The van der Waals surface area contributed by atoms with Crippen LogP contribution in [-0.2, 0) is 23.9 Å². The predicted octanol–water partition coefficient (Wildman–Crippen LogP) is -1.96. The Morgan fingerprint density at radius 1 is 1.04 bits per heavy atom. The van der Waals surface area contributed by atoms with E-state index < -0.39 is 58.3 Å². The van der Waals surface area contributed by atoms with Gasteiger partial charge in [0, 0.05) is 6.92 Å². The highest BCUT2D eigenvalue weighted by Gasteiger charge is 2.71. The van der Waals surface area contributed by atoms with Gasteiger partial charge in [-0.15, -0.1) is 0 Å². The Bertz CT molecular complexity index is 563. The minimum absolute atomic E-state index is 0.717. The zero-order valence-corrected chi connectivity index (χ0v) is 14.3. The second-order valence-electron chi connectivity index (χ2n) is 5.79. The van der Waals surface area contributed by atoms with E-state index in [0.717, 1.165) is 27.7 Å². The molecule has 9 nitrogen and oxygen atoms in total. The number of carbonyl (C=O) groups is 4. The lowest BCUT2D eigenvalue weighted by molar-refractivity contribution is -0.266. The summed E-state index contributed by atoms with van der Waals surface area (Å²) in [5.74, 6) is -3.85. The number of Topliss-reactive ketones (excluding diaryl/α,β-unsaturated/α-hetero) is 3. The monoisotopic (exact) mass is 365 g/mol. The highest BCUT2D eigenvalue weighted by Crippen LogP contribution is 2.42. The summed E-state index contributed by atoms with van der Waals surface area (Å²) in [5.41, 5.74) is -7.54. The Balaban J connectivity index is 3.64. The van der Waals surface area contributed by atoms with Gasteiger partial charge in [-0.2, -0.15) is 0 Å². The van der Waals surface area contributed by atoms with Crippen LogP contribution in [-0.4, -0.2) is 73.6 Å². The normalized spacial score (nSPS) is 37.4. The number of amides is 1. The lowest BCUT2D eigenvalue weighted by Crippen LogP contribution is -2.82. The second-order valence-corrected chi connectivity index (χ2v) is 6.22. The van der Waals surface area contributed by atoms with Crippen molar-refractivity contribution in [1.29, 1.82) is 0 Å². The van der Waals surface area contributed by atoms with Crippen molar-refractivity contribution < 1.29 is 39.2 Å². The first-order valence-electron chi connectivity index (χ1n) is 7.03. The summed E-state index contributed by atoms with van der Waals surface area (Å²) < 4.78 is 5.14. The lowest BCUT2D eigenvalue weighted by atomic mass is 9.66. The molecule has 1 heterocycles. The van der Waals surface area contributed by atoms with Crippen molar-refractivity contribution in [1.82, 2.24) is 5.32 Å². The van der Waals surface area contributed by atoms with Gasteiger partial charge >= 0.3 is 0 Å². The van der Waals surface area contributed by atoms with Crippen LogP contribution < -0.4 is 5.32 Å². The van der Waals surface area contributed by atoms with Crippen molar-refractivity contribution in [2.45, 2.75) is 62.7 Å². The van der Waals surface area contributed by atoms with Gasteiger partial charge in [-0.3, -0.25) is 19.2 Å². The molecular formula is C14H20ClNO8. The maximum atomic E-state index is 12.1. The Kier molecular flexibility index (Phi) is 5.89. The molecule has 6 atom stereocenters. The molecule has 0 radical (unpaired) electrons. The van der Waals surface area contributed by atoms with Gasteiger partial charge in [-0.05, 0) is 20.8 Å². The van der Waals surface area contributed by atoms with E-state index in [2.05, 4.69) is 5.32 Å². The lowest BCUT2D eigenvalue weighted by Gasteiger charge is -2.54. The van der Waals surface area contributed by atoms with Gasteiger partial charge < -0.3 is 25.4 Å². The van der Waals surface area contributed by atoms with Crippen LogP contribution in [0.5, 0.6) is 0 Å². The van der Waals surface area contributed by atoms with Gasteiger partial charge in [-0.25, -0.2) is 0 Å². The number of aliphatic hydroxyl groups is 3. The fourth-order valence-electron chi connectivity index (χ4n) is 2.82. The summed E-state index contributed by atoms with van der Waals surface area (Å²) in [7, 11) is 0. The van der Waals surface area contributed by atoms with Gasteiger partial charge in [0.05, 0.1) is 0 Å². The Labute approximate surface area is 142 Å². The van der Waals surface area contributed by atoms with Crippen molar-refractivity contribution in [2.75, 3.05) is 0 Å². The van der Waals surface area contributed by atoms with E-state index in [4.69, 9.17) is 16.3 Å². The van der Waals surface area contributed by atoms with E-state index in [-0.39, 0.29) is 0 Å². The summed E-state index contributed by atoms with van der Waals surface area (Å²) in [6.07, 6.45) is -4.04. The van der Waals surface area contributed by atoms with Crippen molar-refractivity contribution >= 4 is 34.9 Å². The summed E-state index contributed by atoms with van der Waals surface area (Å²) in [5, 5.41) is 33.9. The largest absolute Gasteiger partial charge is 0.382 e. The molecule has 0 aromatic heterocycles. The van der Waals surface area contributed by atoms with Crippen LogP contribution in [0, 0.1) is 0 Å². The van der Waals surface area contributed by atoms with Gasteiger partial charge in [-0.1, -0.05) is 11.6 Å². The quantitative estimate of drug-likeness (QED) is 0.410. The number of carbonyl (C=O) groups excluding carboxylic acids is 4. The summed E-state index contributed by atoms with van der Waals surface area (Å²) in [4.78, 5) is 47.0. The van der Waals surface area contributed by atoms with Crippen LogP contribution >= 0.6 is 11.6 Å². The number of aliphatic hydroxyl groups excluding tert-OH is 1. The molecule has 24 heavy (non-hydrogen) atoms. The maximum Gasteiger partial charge on any atom is 0.217 e. The van der Waals surface area contributed by atoms with E-state index in [1.165, 1.54) is 0 Å². The van der Waals surface area contributed by atoms with Crippen molar-refractivity contribution in [2.24, 2.45) is 0 Å². The standard InChI is InChI=1S/C14H20ClNO8/c1-5(17)9(21)11-14(23,7(3)19)13(22,6(2)18)10(12(15)24-11)16-8(4)20/h9-12,21-23H,1-4H3,(H,16,20)/t9?,10-,11-,12+,13-,14-/m1/s1. The van der Waals surface area contributed by atoms with E-state index >= 15 is 0 Å². The zero-order chi connectivity index (χ0) is 19.0. The molecule has 1 aliphatic heterocycles. The average molecular weight is 366 g/mol. The SMILES string of the molecule is CC(=O)N[C@@H]1[C@@H](Cl)O[C@H](C(O)C(C)=O)[C@](O)(C(C)=O)[C@@]1(O)C(C)=O. The molecule has 0 bridgehead atoms. The molecule has 4 N–H and O–H groups in total. The number of hydrogen-bond acceptors (Lipinski definition) is 8. The third-order valence-corrected chi connectivity index (χ3v) is 4.47. The third-order valence-electron chi connectivity index (χ3n) is 4.12. The highest BCUT2D eigenvalue weighted by molar-refractivity contribution is 6.21. The first-order valence-corrected chi connectivity index (χ1v) is 7.47. The minimum atomic E-state index is -3.01. The molecule has 136 valence electrons. The molecular weight excluding hydrogens is 346 g/mol. The molecule has 1 fully saturated rings. The van der Waals surface area contributed by atoms with Crippen LogP contribution in [0.4, 0.5) is 0 Å². The summed E-state index contributed by atoms with van der Waals surface area (Å²) in [6, 6.07) is -1.70. The van der Waals surface area contributed by atoms with Crippen LogP contribution in [0.25, 0.3) is 0 Å². The number of hydrogen-bond donors (Lipinski definition) is 4. The Hall–Kier alpha value is -1.39. The molecule has 0 aromatic carbocycles. The highest BCUT2D eigenvalue weighted by atomic mass is 35.5. The molecule has 1 saturated heterocycles. The molecule has 0 aromatic rings. The second kappa shape index (κ2) is 6.85. The van der Waals surface area contributed by atoms with E-state index in [9.17, 15) is 34.5 Å². The zero-order valence-electron chi connectivity index (χ0n) is 13.6. The first-order chi connectivity index (χ1) is 10.8. The van der Waals surface area contributed by atoms with Crippen molar-refractivity contribution in [3.05, 3.63) is 0 Å². The molecule has 10 heteroatoms. The van der Waals surface area contributed by atoms with Gasteiger partial charge in [0.15, 0.2) is 34.1 Å². The van der Waals surface area contributed by atoms with E-state index in [1.54, 1.807) is 0 Å². The van der Waals surface area contributed by atoms with E-state index in [0.29, 0.717) is 0 Å². The molecule has 1 aliphatic rings. The number of halogens is 1. The number of nitrogens with one attached hydrogen (secondary N) is 1. The van der Waals surface area contributed by atoms with E-state index in [1.807, 2.05) is 0 Å². The fourth-order valence-corrected chi connectivity index (χ4v) is 3.18. The van der Waals surface area contributed by atoms with Crippen LogP contribution in [0.1, 0.15) is 27.7 Å². The van der Waals surface area contributed by atoms with Crippen LogP contribution in [0.2, 0.25) is 0 Å². The minimum Gasteiger partial charge on any atom is -0.382 e. The topological polar surface area (TPSA) is 150 Å². The van der Waals surface area contributed by atoms with Gasteiger partial charge in [0.2, 0.25) is 5.91 Å².